The average molecular weight is 401 g/mol. The molecular formula is C21H24FN3O4. The molecule has 4 N–H and O–H groups in total. The van der Waals surface area contributed by atoms with E-state index in [0.717, 1.165) is 0 Å². The van der Waals surface area contributed by atoms with Crippen molar-refractivity contribution in [2.24, 2.45) is 5.73 Å². The summed E-state index contributed by atoms with van der Waals surface area (Å²) >= 11 is 0. The van der Waals surface area contributed by atoms with E-state index in [1.54, 1.807) is 30.3 Å². The van der Waals surface area contributed by atoms with Crippen molar-refractivity contribution in [1.29, 1.82) is 0 Å². The molecule has 0 aromatic heterocycles. The van der Waals surface area contributed by atoms with Gasteiger partial charge in [0.15, 0.2) is 0 Å². The zero-order valence-corrected chi connectivity index (χ0v) is 16.3. The number of carbonyl (C=O) groups is 3. The molecule has 0 spiro atoms. The third-order valence-electron chi connectivity index (χ3n) is 4.30. The van der Waals surface area contributed by atoms with Crippen molar-refractivity contribution < 1.29 is 23.5 Å². The Bertz CT molecular complexity index is 888. The molecule has 0 radical (unpaired) electrons. The number of para-hydroxylation sites is 1. The van der Waals surface area contributed by atoms with Gasteiger partial charge in [0.05, 0.1) is 7.11 Å². The van der Waals surface area contributed by atoms with E-state index in [0.29, 0.717) is 16.9 Å². The molecule has 154 valence electrons. The standard InChI is InChI=1S/C21H24FN3O4/c1-13(26)24-18(11-14-6-5-8-16(22)10-14)21(28)25-17(20(23)27)12-15-7-3-4-9-19(15)29-2/h3-10,17-18H,11-12H2,1-2H3,(H2,23,27)(H,24,26)(H,25,28)/t17-,18+/m1/s1. The van der Waals surface area contributed by atoms with Crippen LogP contribution >= 0.6 is 0 Å². The molecule has 2 aromatic carbocycles. The largest absolute Gasteiger partial charge is 0.496 e. The molecule has 2 rings (SSSR count). The van der Waals surface area contributed by atoms with Crippen LogP contribution in [0.1, 0.15) is 18.1 Å². The maximum absolute atomic E-state index is 13.4. The fourth-order valence-corrected chi connectivity index (χ4v) is 2.94. The molecule has 0 aliphatic carbocycles. The molecule has 29 heavy (non-hydrogen) atoms. The summed E-state index contributed by atoms with van der Waals surface area (Å²) in [6, 6.07) is 10.8. The van der Waals surface area contributed by atoms with Crippen LogP contribution in [-0.4, -0.2) is 36.9 Å². The topological polar surface area (TPSA) is 111 Å². The molecule has 3 amide bonds. The highest BCUT2D eigenvalue weighted by molar-refractivity contribution is 5.91. The lowest BCUT2D eigenvalue weighted by atomic mass is 10.0. The van der Waals surface area contributed by atoms with E-state index in [-0.39, 0.29) is 12.8 Å². The van der Waals surface area contributed by atoms with E-state index < -0.39 is 35.6 Å². The summed E-state index contributed by atoms with van der Waals surface area (Å²) in [7, 11) is 1.50. The van der Waals surface area contributed by atoms with Gasteiger partial charge in [-0.2, -0.15) is 0 Å². The Morgan fingerprint density at radius 2 is 1.76 bits per heavy atom. The molecule has 8 heteroatoms. The Hall–Kier alpha value is -3.42. The van der Waals surface area contributed by atoms with E-state index >= 15 is 0 Å². The molecular weight excluding hydrogens is 377 g/mol. The quantitative estimate of drug-likeness (QED) is 0.584. The van der Waals surface area contributed by atoms with Crippen molar-refractivity contribution >= 4 is 17.7 Å². The zero-order valence-electron chi connectivity index (χ0n) is 16.3. The molecule has 0 aliphatic rings. The van der Waals surface area contributed by atoms with Crippen LogP contribution in [0.5, 0.6) is 5.75 Å². The summed E-state index contributed by atoms with van der Waals surface area (Å²) in [5, 5.41) is 5.11. The third-order valence-corrected chi connectivity index (χ3v) is 4.30. The first kappa shape index (κ1) is 21.9. The van der Waals surface area contributed by atoms with Crippen LogP contribution in [0.25, 0.3) is 0 Å². The first-order valence-corrected chi connectivity index (χ1v) is 9.03. The van der Waals surface area contributed by atoms with Crippen LogP contribution in [-0.2, 0) is 27.2 Å². The second-order valence-electron chi connectivity index (χ2n) is 6.57. The van der Waals surface area contributed by atoms with Gasteiger partial charge in [0.2, 0.25) is 17.7 Å². The monoisotopic (exact) mass is 401 g/mol. The minimum Gasteiger partial charge on any atom is -0.496 e. The van der Waals surface area contributed by atoms with Crippen LogP contribution in [0.15, 0.2) is 48.5 Å². The fourth-order valence-electron chi connectivity index (χ4n) is 2.94. The minimum atomic E-state index is -1.01. The van der Waals surface area contributed by atoms with Crippen LogP contribution < -0.4 is 21.1 Å². The predicted molar refractivity (Wildman–Crippen MR) is 106 cm³/mol. The molecule has 0 bridgehead atoms. The number of hydrogen-bond acceptors (Lipinski definition) is 4. The Labute approximate surface area is 168 Å². The summed E-state index contributed by atoms with van der Waals surface area (Å²) in [5.74, 6) is -1.64. The van der Waals surface area contributed by atoms with Crippen LogP contribution in [0.2, 0.25) is 0 Å². The van der Waals surface area contributed by atoms with Gasteiger partial charge in [0.25, 0.3) is 0 Å². The van der Waals surface area contributed by atoms with Gasteiger partial charge >= 0.3 is 0 Å². The molecule has 7 nitrogen and oxygen atoms in total. The highest BCUT2D eigenvalue weighted by Gasteiger charge is 2.26. The Balaban J connectivity index is 2.17. The fraction of sp³-hybridized carbons (Fsp3) is 0.286. The van der Waals surface area contributed by atoms with Crippen molar-refractivity contribution in [3.05, 3.63) is 65.5 Å². The number of primary amides is 1. The summed E-state index contributed by atoms with van der Waals surface area (Å²) in [4.78, 5) is 36.2. The molecule has 2 aromatic rings. The summed E-state index contributed by atoms with van der Waals surface area (Å²) in [6.07, 6.45) is 0.182. The second kappa shape index (κ2) is 10.2. The molecule has 0 saturated carbocycles. The summed E-state index contributed by atoms with van der Waals surface area (Å²) in [5.41, 5.74) is 6.69. The molecule has 0 saturated heterocycles. The van der Waals surface area contributed by atoms with Crippen molar-refractivity contribution in [2.45, 2.75) is 31.8 Å². The molecule has 0 aliphatic heterocycles. The van der Waals surface area contributed by atoms with Crippen molar-refractivity contribution in [3.63, 3.8) is 0 Å². The maximum atomic E-state index is 13.4. The number of halogens is 1. The van der Waals surface area contributed by atoms with Crippen molar-refractivity contribution in [1.82, 2.24) is 10.6 Å². The Morgan fingerprint density at radius 1 is 1.03 bits per heavy atom. The Kier molecular flexibility index (Phi) is 7.70. The van der Waals surface area contributed by atoms with E-state index in [4.69, 9.17) is 10.5 Å². The van der Waals surface area contributed by atoms with E-state index in [2.05, 4.69) is 10.6 Å². The van der Waals surface area contributed by atoms with Gasteiger partial charge < -0.3 is 21.1 Å². The third kappa shape index (κ3) is 6.60. The number of methoxy groups -OCH3 is 1. The van der Waals surface area contributed by atoms with Gasteiger partial charge in [0, 0.05) is 19.8 Å². The number of ether oxygens (including phenoxy) is 1. The highest BCUT2D eigenvalue weighted by atomic mass is 19.1. The number of nitrogens with one attached hydrogen (secondary N) is 2. The van der Waals surface area contributed by atoms with Gasteiger partial charge in [-0.1, -0.05) is 30.3 Å². The Morgan fingerprint density at radius 3 is 2.38 bits per heavy atom. The lowest BCUT2D eigenvalue weighted by Crippen LogP contribution is -2.54. The van der Waals surface area contributed by atoms with E-state index in [9.17, 15) is 18.8 Å². The van der Waals surface area contributed by atoms with E-state index in [1.807, 2.05) is 0 Å². The number of rotatable bonds is 9. The molecule has 0 heterocycles. The SMILES string of the molecule is COc1ccccc1C[C@@H](NC(=O)[C@H](Cc1cccc(F)c1)NC(C)=O)C(N)=O. The van der Waals surface area contributed by atoms with Crippen LogP contribution in [0.3, 0.4) is 0 Å². The normalized spacial score (nSPS) is 12.5. The lowest BCUT2D eigenvalue weighted by molar-refractivity contribution is -0.130. The van der Waals surface area contributed by atoms with Gasteiger partial charge in [-0.15, -0.1) is 0 Å². The molecule has 0 unspecified atom stereocenters. The molecule has 2 atom stereocenters. The second-order valence-corrected chi connectivity index (χ2v) is 6.57. The van der Waals surface area contributed by atoms with Crippen LogP contribution in [0, 0.1) is 5.82 Å². The number of benzene rings is 2. The van der Waals surface area contributed by atoms with Crippen LogP contribution in [0.4, 0.5) is 4.39 Å². The van der Waals surface area contributed by atoms with Gasteiger partial charge in [-0.05, 0) is 29.3 Å². The van der Waals surface area contributed by atoms with Crippen molar-refractivity contribution in [3.8, 4) is 5.75 Å². The first-order chi connectivity index (χ1) is 13.8. The summed E-state index contributed by atoms with van der Waals surface area (Å²) < 4.78 is 18.7. The van der Waals surface area contributed by atoms with E-state index in [1.165, 1.54) is 32.2 Å². The maximum Gasteiger partial charge on any atom is 0.243 e. The van der Waals surface area contributed by atoms with Gasteiger partial charge in [-0.3, -0.25) is 14.4 Å². The van der Waals surface area contributed by atoms with Gasteiger partial charge in [0.1, 0.15) is 23.7 Å². The lowest BCUT2D eigenvalue weighted by Gasteiger charge is -2.22. The van der Waals surface area contributed by atoms with Gasteiger partial charge in [-0.25, -0.2) is 4.39 Å². The number of hydrogen-bond donors (Lipinski definition) is 3. The highest BCUT2D eigenvalue weighted by Crippen LogP contribution is 2.19. The predicted octanol–water partition coefficient (Wildman–Crippen LogP) is 1.09. The number of carbonyl (C=O) groups excluding carboxylic acids is 3. The number of amides is 3. The molecule has 0 fully saturated rings. The average Bonchev–Trinajstić information content (AvgIpc) is 2.66. The van der Waals surface area contributed by atoms with Crippen molar-refractivity contribution in [2.75, 3.05) is 7.11 Å². The minimum absolute atomic E-state index is 0.0588. The number of nitrogens with two attached hydrogens (primary N) is 1. The smallest absolute Gasteiger partial charge is 0.243 e. The summed E-state index contributed by atoms with van der Waals surface area (Å²) in [6.45, 7) is 1.27. The zero-order chi connectivity index (χ0) is 21.4. The first-order valence-electron chi connectivity index (χ1n) is 9.03.